The minimum atomic E-state index is -4.35. The van der Waals surface area contributed by atoms with Gasteiger partial charge in [-0.3, -0.25) is 9.48 Å². The molecule has 1 N–H and O–H groups in total. The van der Waals surface area contributed by atoms with E-state index in [9.17, 15) is 18.0 Å². The van der Waals surface area contributed by atoms with Crippen LogP contribution in [0.15, 0.2) is 0 Å². The molecule has 4 rings (SSSR count). The molecule has 0 aromatic carbocycles. The van der Waals surface area contributed by atoms with Crippen molar-refractivity contribution in [3.63, 3.8) is 0 Å². The third-order valence-corrected chi connectivity index (χ3v) is 5.69. The first kappa shape index (κ1) is 16.9. The fraction of sp³-hybridized carbons (Fsp3) is 0.765. The van der Waals surface area contributed by atoms with E-state index in [1.54, 1.807) is 4.68 Å². The van der Waals surface area contributed by atoms with Crippen molar-refractivity contribution >= 4 is 5.91 Å². The molecule has 0 spiro atoms. The summed E-state index contributed by atoms with van der Waals surface area (Å²) in [5, 5.41) is 7.89. The lowest BCUT2D eigenvalue weighted by Crippen LogP contribution is -2.46. The highest BCUT2D eigenvalue weighted by atomic mass is 19.4. The molecule has 8 heteroatoms. The maximum absolute atomic E-state index is 13.1. The number of alkyl halides is 3. The van der Waals surface area contributed by atoms with Gasteiger partial charge >= 0.3 is 6.18 Å². The quantitative estimate of drug-likeness (QED) is 0.901. The lowest BCUT2D eigenvalue weighted by atomic mass is 9.89. The lowest BCUT2D eigenvalue weighted by molar-refractivity contribution is -0.183. The van der Waals surface area contributed by atoms with E-state index in [0.717, 1.165) is 55.1 Å². The Morgan fingerprint density at radius 2 is 1.96 bits per heavy atom. The van der Waals surface area contributed by atoms with E-state index >= 15 is 0 Å². The van der Waals surface area contributed by atoms with Crippen LogP contribution in [0.3, 0.4) is 0 Å². The van der Waals surface area contributed by atoms with E-state index in [-0.39, 0.29) is 19.5 Å². The third-order valence-electron chi connectivity index (χ3n) is 5.69. The SMILES string of the molecule is O=C(Cn1nc(C2CNC2)c2c1CCCC2)N1CCC[C@H]1C(F)(F)F. The summed E-state index contributed by atoms with van der Waals surface area (Å²) in [6.07, 6.45) is 0.0466. The number of fused-ring (bicyclic) bond motifs is 1. The smallest absolute Gasteiger partial charge is 0.329 e. The highest BCUT2D eigenvalue weighted by Gasteiger charge is 2.47. The summed E-state index contributed by atoms with van der Waals surface area (Å²) in [7, 11) is 0. The molecule has 0 bridgehead atoms. The summed E-state index contributed by atoms with van der Waals surface area (Å²) >= 11 is 0. The van der Waals surface area contributed by atoms with Crippen LogP contribution in [-0.2, 0) is 24.2 Å². The number of hydrogen-bond acceptors (Lipinski definition) is 3. The zero-order valence-electron chi connectivity index (χ0n) is 14.1. The number of nitrogens with zero attached hydrogens (tertiary/aromatic N) is 3. The first-order chi connectivity index (χ1) is 11.9. The molecule has 0 radical (unpaired) electrons. The van der Waals surface area contributed by atoms with Gasteiger partial charge < -0.3 is 10.2 Å². The zero-order chi connectivity index (χ0) is 17.6. The normalized spacial score (nSPS) is 24.3. The molecule has 1 atom stereocenters. The number of aromatic nitrogens is 2. The van der Waals surface area contributed by atoms with Crippen LogP contribution in [0.25, 0.3) is 0 Å². The maximum Gasteiger partial charge on any atom is 0.408 e. The second-order valence-electron chi connectivity index (χ2n) is 7.32. The van der Waals surface area contributed by atoms with Crippen molar-refractivity contribution in [2.75, 3.05) is 19.6 Å². The average Bonchev–Trinajstić information content (AvgIpc) is 3.12. The Labute approximate surface area is 144 Å². The number of nitrogens with one attached hydrogen (secondary N) is 1. The van der Waals surface area contributed by atoms with Crippen molar-refractivity contribution < 1.29 is 18.0 Å². The number of carbonyl (C=O) groups is 1. The van der Waals surface area contributed by atoms with Gasteiger partial charge in [-0.1, -0.05) is 0 Å². The van der Waals surface area contributed by atoms with E-state index in [1.807, 2.05) is 0 Å². The minimum absolute atomic E-state index is 0.00540. The molecule has 5 nitrogen and oxygen atoms in total. The fourth-order valence-electron chi connectivity index (χ4n) is 4.27. The van der Waals surface area contributed by atoms with Crippen molar-refractivity contribution in [2.24, 2.45) is 0 Å². The van der Waals surface area contributed by atoms with E-state index in [0.29, 0.717) is 12.3 Å². The van der Waals surface area contributed by atoms with Crippen molar-refractivity contribution in [2.45, 2.75) is 63.2 Å². The summed E-state index contributed by atoms with van der Waals surface area (Å²) < 4.78 is 41.1. The van der Waals surface area contributed by atoms with Crippen LogP contribution < -0.4 is 5.32 Å². The van der Waals surface area contributed by atoms with Crippen molar-refractivity contribution in [3.8, 4) is 0 Å². The number of rotatable bonds is 3. The highest BCUT2D eigenvalue weighted by molar-refractivity contribution is 5.76. The van der Waals surface area contributed by atoms with Crippen LogP contribution in [0.2, 0.25) is 0 Å². The van der Waals surface area contributed by atoms with Crippen LogP contribution in [0, 0.1) is 0 Å². The predicted molar refractivity (Wildman–Crippen MR) is 85.3 cm³/mol. The first-order valence-corrected chi connectivity index (χ1v) is 9.10. The Balaban J connectivity index is 1.56. The Kier molecular flexibility index (Phi) is 4.25. The molecule has 2 saturated heterocycles. The van der Waals surface area contributed by atoms with Gasteiger partial charge in [0.15, 0.2) is 0 Å². The van der Waals surface area contributed by atoms with Gasteiger partial charge in [-0.2, -0.15) is 18.3 Å². The van der Waals surface area contributed by atoms with Crippen LogP contribution >= 0.6 is 0 Å². The number of amides is 1. The van der Waals surface area contributed by atoms with E-state index in [4.69, 9.17) is 0 Å². The topological polar surface area (TPSA) is 50.2 Å². The molecular weight excluding hydrogens is 333 g/mol. The van der Waals surface area contributed by atoms with Gasteiger partial charge in [-0.15, -0.1) is 0 Å². The first-order valence-electron chi connectivity index (χ1n) is 9.10. The molecule has 138 valence electrons. The van der Waals surface area contributed by atoms with Crippen LogP contribution in [-0.4, -0.2) is 52.4 Å². The highest BCUT2D eigenvalue weighted by Crippen LogP contribution is 2.34. The second kappa shape index (κ2) is 6.30. The predicted octanol–water partition coefficient (Wildman–Crippen LogP) is 2.00. The van der Waals surface area contributed by atoms with Gasteiger partial charge in [0.1, 0.15) is 12.6 Å². The van der Waals surface area contributed by atoms with E-state index in [1.165, 1.54) is 5.56 Å². The minimum Gasteiger partial charge on any atom is -0.329 e. The Morgan fingerprint density at radius 1 is 1.20 bits per heavy atom. The van der Waals surface area contributed by atoms with Gasteiger partial charge in [0, 0.05) is 31.2 Å². The maximum atomic E-state index is 13.1. The van der Waals surface area contributed by atoms with Gasteiger partial charge in [-0.05, 0) is 44.1 Å². The standard InChI is InChI=1S/C17H23F3N4O/c18-17(19,20)14-6-3-7-23(14)15(25)10-24-13-5-2-1-4-12(13)16(22-24)11-8-21-9-11/h11,14,21H,1-10H2/t14-/m0/s1. The molecule has 1 amide bonds. The number of carbonyl (C=O) groups excluding carboxylic acids is 1. The molecule has 2 aliphatic heterocycles. The Bertz CT molecular complexity index is 666. The van der Waals surface area contributed by atoms with Gasteiger partial charge in [0.25, 0.3) is 0 Å². The van der Waals surface area contributed by atoms with Crippen LogP contribution in [0.1, 0.15) is 48.6 Å². The molecule has 0 saturated carbocycles. The molecule has 2 fully saturated rings. The summed E-state index contributed by atoms with van der Waals surface area (Å²) in [5.74, 6) is -0.0908. The largest absolute Gasteiger partial charge is 0.408 e. The summed E-state index contributed by atoms with van der Waals surface area (Å²) in [6, 6.07) is -1.64. The van der Waals surface area contributed by atoms with Crippen LogP contribution in [0.5, 0.6) is 0 Å². The monoisotopic (exact) mass is 356 g/mol. The lowest BCUT2D eigenvalue weighted by Gasteiger charge is -2.27. The van der Waals surface area contributed by atoms with Crippen molar-refractivity contribution in [1.29, 1.82) is 0 Å². The van der Waals surface area contributed by atoms with Crippen LogP contribution in [0.4, 0.5) is 13.2 Å². The van der Waals surface area contributed by atoms with Crippen molar-refractivity contribution in [3.05, 3.63) is 17.0 Å². The molecule has 0 unspecified atom stereocenters. The molecule has 3 heterocycles. The Morgan fingerprint density at radius 3 is 2.64 bits per heavy atom. The van der Waals surface area contributed by atoms with Gasteiger partial charge in [0.05, 0.1) is 5.69 Å². The molecule has 1 aromatic heterocycles. The zero-order valence-corrected chi connectivity index (χ0v) is 14.1. The van der Waals surface area contributed by atoms with Crippen molar-refractivity contribution in [1.82, 2.24) is 20.0 Å². The average molecular weight is 356 g/mol. The third kappa shape index (κ3) is 3.05. The molecule has 25 heavy (non-hydrogen) atoms. The molecular formula is C17H23F3N4O. The summed E-state index contributed by atoms with van der Waals surface area (Å²) in [5.41, 5.74) is 3.35. The second-order valence-corrected chi connectivity index (χ2v) is 7.32. The van der Waals surface area contributed by atoms with E-state index < -0.39 is 18.1 Å². The Hall–Kier alpha value is -1.57. The number of likely N-dealkylation sites (tertiary alicyclic amines) is 1. The number of hydrogen-bond donors (Lipinski definition) is 1. The van der Waals surface area contributed by atoms with E-state index in [2.05, 4.69) is 10.4 Å². The fourth-order valence-corrected chi connectivity index (χ4v) is 4.27. The molecule has 1 aliphatic carbocycles. The molecule has 3 aliphatic rings. The number of halogens is 3. The van der Waals surface area contributed by atoms with Gasteiger partial charge in [-0.25, -0.2) is 0 Å². The van der Waals surface area contributed by atoms with Gasteiger partial charge in [0.2, 0.25) is 5.91 Å². The summed E-state index contributed by atoms with van der Waals surface area (Å²) in [4.78, 5) is 13.6. The molecule has 1 aromatic rings. The summed E-state index contributed by atoms with van der Waals surface area (Å²) in [6.45, 7) is 1.89.